The Labute approximate surface area is 163 Å². The Morgan fingerprint density at radius 3 is 2.63 bits per heavy atom. The molecule has 10 heteroatoms. The third-order valence-electron chi connectivity index (χ3n) is 3.59. The molecule has 0 radical (unpaired) electrons. The molecule has 144 valence electrons. The van der Waals surface area contributed by atoms with E-state index in [0.29, 0.717) is 16.5 Å². The average Bonchev–Trinajstić information content (AvgIpc) is 2.60. The zero-order valence-electron chi connectivity index (χ0n) is 14.9. The van der Waals surface area contributed by atoms with E-state index in [-0.39, 0.29) is 17.1 Å². The maximum atomic E-state index is 12.7. The number of halogens is 1. The molecule has 0 bridgehead atoms. The fourth-order valence-electron chi connectivity index (χ4n) is 2.29. The predicted molar refractivity (Wildman–Crippen MR) is 104 cm³/mol. The van der Waals surface area contributed by atoms with E-state index >= 15 is 0 Å². The number of nitrogens with zero attached hydrogens (tertiary/aromatic N) is 2. The molecule has 1 unspecified atom stereocenters. The standard InChI is InChI=1S/C17H18ClN3O5S/c1-11-4-6-14(21(23)24)16(8-11)27(25)20(2)10-17(22)19-12-5-7-15(26-3)13(18)9-12/h4-9H,10H2,1-3H3,(H,19,22). The first-order valence-electron chi connectivity index (χ1n) is 7.74. The van der Waals surface area contributed by atoms with Crippen LogP contribution < -0.4 is 10.1 Å². The molecule has 0 aliphatic carbocycles. The maximum absolute atomic E-state index is 12.7. The van der Waals surface area contributed by atoms with Crippen molar-refractivity contribution in [1.82, 2.24) is 4.31 Å². The molecule has 1 amide bonds. The van der Waals surface area contributed by atoms with Crippen molar-refractivity contribution in [2.45, 2.75) is 11.8 Å². The zero-order valence-corrected chi connectivity index (χ0v) is 16.5. The Bertz CT molecular complexity index is 906. The van der Waals surface area contributed by atoms with Crippen LogP contribution in [0.25, 0.3) is 0 Å². The molecule has 1 N–H and O–H groups in total. The van der Waals surface area contributed by atoms with Gasteiger partial charge < -0.3 is 10.1 Å². The molecule has 0 aliphatic rings. The molecule has 0 aliphatic heterocycles. The van der Waals surface area contributed by atoms with E-state index < -0.39 is 21.8 Å². The van der Waals surface area contributed by atoms with E-state index in [1.54, 1.807) is 25.1 Å². The summed E-state index contributed by atoms with van der Waals surface area (Å²) < 4.78 is 18.9. The van der Waals surface area contributed by atoms with Crippen LogP contribution in [0.15, 0.2) is 41.3 Å². The normalized spacial score (nSPS) is 11.9. The number of ether oxygens (including phenoxy) is 1. The molecule has 27 heavy (non-hydrogen) atoms. The predicted octanol–water partition coefficient (Wildman–Crippen LogP) is 3.16. The Morgan fingerprint density at radius 1 is 1.33 bits per heavy atom. The van der Waals surface area contributed by atoms with Crippen molar-refractivity contribution in [2.24, 2.45) is 0 Å². The van der Waals surface area contributed by atoms with Crippen LogP contribution in [0.3, 0.4) is 0 Å². The second kappa shape index (κ2) is 8.94. The number of benzene rings is 2. The van der Waals surface area contributed by atoms with Crippen molar-refractivity contribution in [3.8, 4) is 5.75 Å². The van der Waals surface area contributed by atoms with E-state index in [1.807, 2.05) is 0 Å². The summed E-state index contributed by atoms with van der Waals surface area (Å²) >= 11 is 6.01. The number of nitrogens with one attached hydrogen (secondary N) is 1. The van der Waals surface area contributed by atoms with Crippen LogP contribution in [0, 0.1) is 17.0 Å². The first kappa shape index (κ1) is 20.8. The van der Waals surface area contributed by atoms with Gasteiger partial charge >= 0.3 is 0 Å². The lowest BCUT2D eigenvalue weighted by Crippen LogP contribution is -2.32. The smallest absolute Gasteiger partial charge is 0.286 e. The highest BCUT2D eigenvalue weighted by Crippen LogP contribution is 2.27. The first-order chi connectivity index (χ1) is 12.7. The first-order valence-corrected chi connectivity index (χ1v) is 9.23. The number of nitro benzene ring substituents is 1. The fraction of sp³-hybridized carbons (Fsp3) is 0.235. The van der Waals surface area contributed by atoms with Gasteiger partial charge in [0.05, 0.1) is 23.6 Å². The molecular formula is C17H18ClN3O5S. The Balaban J connectivity index is 2.10. The minimum absolute atomic E-state index is 0.0443. The lowest BCUT2D eigenvalue weighted by Gasteiger charge is -2.16. The zero-order chi connectivity index (χ0) is 20.1. The van der Waals surface area contributed by atoms with Crippen molar-refractivity contribution in [3.05, 3.63) is 57.1 Å². The number of hydrogen-bond acceptors (Lipinski definition) is 5. The summed E-state index contributed by atoms with van der Waals surface area (Å²) in [6.07, 6.45) is 0. The van der Waals surface area contributed by atoms with Gasteiger partial charge in [-0.15, -0.1) is 0 Å². The van der Waals surface area contributed by atoms with Gasteiger partial charge in [-0.3, -0.25) is 14.9 Å². The number of aryl methyl sites for hydroxylation is 1. The number of nitro groups is 1. The van der Waals surface area contributed by atoms with Gasteiger partial charge in [-0.05, 0) is 36.8 Å². The van der Waals surface area contributed by atoms with E-state index in [1.165, 1.54) is 36.7 Å². The number of carbonyl (C=O) groups excluding carboxylic acids is 1. The molecule has 1 atom stereocenters. The third-order valence-corrected chi connectivity index (χ3v) is 5.28. The second-order valence-electron chi connectivity index (χ2n) is 5.66. The molecule has 0 saturated carbocycles. The third kappa shape index (κ3) is 5.25. The molecule has 0 aromatic heterocycles. The average molecular weight is 412 g/mol. The molecule has 8 nitrogen and oxygen atoms in total. The van der Waals surface area contributed by atoms with Crippen LogP contribution in [0.1, 0.15) is 5.56 Å². The Morgan fingerprint density at radius 2 is 2.04 bits per heavy atom. The number of hydrogen-bond donors (Lipinski definition) is 1. The number of amides is 1. The SMILES string of the molecule is COc1ccc(NC(=O)CN(C)S(=O)c2cc(C)ccc2[N+](=O)[O-])cc1Cl. The molecule has 2 rings (SSSR count). The molecule has 2 aromatic rings. The summed E-state index contributed by atoms with van der Waals surface area (Å²) in [6.45, 7) is 1.51. The summed E-state index contributed by atoms with van der Waals surface area (Å²) in [4.78, 5) is 22.8. The van der Waals surface area contributed by atoms with Gasteiger partial charge in [-0.2, -0.15) is 0 Å². The van der Waals surface area contributed by atoms with Gasteiger partial charge in [0.15, 0.2) is 0 Å². The molecule has 0 heterocycles. The summed E-state index contributed by atoms with van der Waals surface area (Å²) in [5.41, 5.74) is 0.925. The van der Waals surface area contributed by atoms with Gasteiger partial charge in [0.2, 0.25) is 5.91 Å². The quantitative estimate of drug-likeness (QED) is 0.557. The number of rotatable bonds is 7. The van der Waals surface area contributed by atoms with Gasteiger partial charge in [-0.25, -0.2) is 8.51 Å². The van der Waals surface area contributed by atoms with Gasteiger partial charge in [0.1, 0.15) is 21.6 Å². The number of anilines is 1. The van der Waals surface area contributed by atoms with Crippen molar-refractivity contribution in [3.63, 3.8) is 0 Å². The van der Waals surface area contributed by atoms with Crippen LogP contribution in [0.2, 0.25) is 5.02 Å². The van der Waals surface area contributed by atoms with Crippen molar-refractivity contribution < 1.29 is 18.7 Å². The highest BCUT2D eigenvalue weighted by atomic mass is 35.5. The molecule has 0 saturated heterocycles. The summed E-state index contributed by atoms with van der Waals surface area (Å²) in [7, 11) is 1.05. The molecular weight excluding hydrogens is 394 g/mol. The monoisotopic (exact) mass is 411 g/mol. The van der Waals surface area contributed by atoms with Crippen LogP contribution in [-0.4, -0.2) is 40.0 Å². The van der Waals surface area contributed by atoms with Crippen LogP contribution in [-0.2, 0) is 15.8 Å². The van der Waals surface area contributed by atoms with E-state index in [2.05, 4.69) is 5.32 Å². The Hall–Kier alpha value is -2.49. The van der Waals surface area contributed by atoms with Gasteiger partial charge in [0, 0.05) is 18.8 Å². The minimum Gasteiger partial charge on any atom is -0.495 e. The second-order valence-corrected chi connectivity index (χ2v) is 7.63. The van der Waals surface area contributed by atoms with Gasteiger partial charge in [-0.1, -0.05) is 17.7 Å². The summed E-state index contributed by atoms with van der Waals surface area (Å²) in [5.74, 6) is 0.0297. The van der Waals surface area contributed by atoms with Crippen LogP contribution >= 0.6 is 11.6 Å². The topological polar surface area (TPSA) is 102 Å². The summed E-state index contributed by atoms with van der Waals surface area (Å²) in [6, 6.07) is 9.10. The maximum Gasteiger partial charge on any atom is 0.286 e. The van der Waals surface area contributed by atoms with Crippen molar-refractivity contribution in [2.75, 3.05) is 26.0 Å². The fourth-order valence-corrected chi connectivity index (χ4v) is 3.72. The van der Waals surface area contributed by atoms with Crippen LogP contribution in [0.5, 0.6) is 5.75 Å². The highest BCUT2D eigenvalue weighted by molar-refractivity contribution is 7.82. The molecule has 0 fully saturated rings. The van der Waals surface area contributed by atoms with Crippen LogP contribution in [0.4, 0.5) is 11.4 Å². The number of methoxy groups -OCH3 is 1. The lowest BCUT2D eigenvalue weighted by atomic mass is 10.2. The van der Waals surface area contributed by atoms with E-state index in [9.17, 15) is 19.1 Å². The largest absolute Gasteiger partial charge is 0.495 e. The van der Waals surface area contributed by atoms with E-state index in [0.717, 1.165) is 5.56 Å². The highest BCUT2D eigenvalue weighted by Gasteiger charge is 2.23. The Kier molecular flexibility index (Phi) is 6.89. The van der Waals surface area contributed by atoms with Gasteiger partial charge in [0.25, 0.3) is 5.69 Å². The number of likely N-dealkylation sites (N-methyl/N-ethyl adjacent to an activating group) is 1. The molecule has 0 spiro atoms. The lowest BCUT2D eigenvalue weighted by molar-refractivity contribution is -0.387. The minimum atomic E-state index is -1.87. The van der Waals surface area contributed by atoms with E-state index in [4.69, 9.17) is 16.3 Å². The number of carbonyl (C=O) groups is 1. The summed E-state index contributed by atoms with van der Waals surface area (Å²) in [5, 5.41) is 14.1. The molecule has 2 aromatic carbocycles. The van der Waals surface area contributed by atoms with Crippen molar-refractivity contribution >= 4 is 39.9 Å². The van der Waals surface area contributed by atoms with Crippen molar-refractivity contribution in [1.29, 1.82) is 0 Å².